The van der Waals surface area contributed by atoms with E-state index in [1.165, 1.54) is 0 Å². The van der Waals surface area contributed by atoms with Crippen molar-refractivity contribution in [1.29, 1.82) is 0 Å². The minimum atomic E-state index is -0.753. The van der Waals surface area contributed by atoms with Crippen molar-refractivity contribution in [3.63, 3.8) is 0 Å². The molecule has 0 bridgehead atoms. The minimum absolute atomic E-state index is 0.307. The van der Waals surface area contributed by atoms with Crippen molar-refractivity contribution in [3.8, 4) is 0 Å². The molecule has 0 saturated heterocycles. The van der Waals surface area contributed by atoms with Crippen LogP contribution >= 0.6 is 0 Å². The van der Waals surface area contributed by atoms with Gasteiger partial charge in [0.25, 0.3) is 0 Å². The van der Waals surface area contributed by atoms with Gasteiger partial charge in [0.2, 0.25) is 0 Å². The van der Waals surface area contributed by atoms with Gasteiger partial charge in [0.15, 0.2) is 0 Å². The van der Waals surface area contributed by atoms with E-state index in [1.54, 1.807) is 17.0 Å². The van der Waals surface area contributed by atoms with Crippen molar-refractivity contribution in [2.24, 2.45) is 0 Å². The first-order valence-electron chi connectivity index (χ1n) is 6.25. The SMILES string of the molecule is C[SiH](C)C[Si](C)(C[SiH](C)C)C[SiH](C)C. The standard InChI is InChI=1S/C10H30Si4/c1-11(2)8-14(7,9-12(3)4)10-13(5)6/h11-13H,8-10H2,1-7H3. The van der Waals surface area contributed by atoms with Gasteiger partial charge in [-0.2, -0.15) is 0 Å². The second kappa shape index (κ2) is 6.45. The molecule has 0 N–H and O–H groups in total. The van der Waals surface area contributed by atoms with Crippen LogP contribution in [-0.2, 0) is 0 Å². The van der Waals surface area contributed by atoms with Crippen LogP contribution in [0, 0.1) is 0 Å². The van der Waals surface area contributed by atoms with E-state index in [-0.39, 0.29) is 26.4 Å². The fraction of sp³-hybridized carbons (Fsp3) is 1.00. The summed E-state index contributed by atoms with van der Waals surface area (Å²) in [6.45, 7) is 18.0. The van der Waals surface area contributed by atoms with Gasteiger partial charge in [-0.05, 0) is 0 Å². The van der Waals surface area contributed by atoms with Crippen molar-refractivity contribution in [3.05, 3.63) is 0 Å². The highest BCUT2D eigenvalue weighted by molar-refractivity contribution is 6.99. The molecule has 0 radical (unpaired) electrons. The van der Waals surface area contributed by atoms with Gasteiger partial charge in [0.05, 0.1) is 0 Å². The monoisotopic (exact) mass is 262 g/mol. The average Bonchev–Trinajstić information content (AvgIpc) is 1.76. The van der Waals surface area contributed by atoms with Crippen molar-refractivity contribution in [1.82, 2.24) is 0 Å². The second-order valence-corrected chi connectivity index (χ2v) is 23.5. The molecule has 0 aromatic carbocycles. The van der Waals surface area contributed by atoms with E-state index in [4.69, 9.17) is 0 Å². The van der Waals surface area contributed by atoms with Crippen molar-refractivity contribution in [2.75, 3.05) is 0 Å². The van der Waals surface area contributed by atoms with E-state index in [2.05, 4.69) is 45.8 Å². The van der Waals surface area contributed by atoms with Crippen LogP contribution in [0.4, 0.5) is 0 Å². The molecular formula is C10H30Si4. The van der Waals surface area contributed by atoms with Crippen molar-refractivity contribution in [2.45, 2.75) is 62.8 Å². The highest BCUT2D eigenvalue weighted by atomic mass is 28.4. The lowest BCUT2D eigenvalue weighted by molar-refractivity contribution is 1.46. The molecule has 0 aliphatic rings. The molecule has 0 heterocycles. The van der Waals surface area contributed by atoms with Gasteiger partial charge in [0.1, 0.15) is 0 Å². The van der Waals surface area contributed by atoms with E-state index in [1.807, 2.05) is 0 Å². The predicted molar refractivity (Wildman–Crippen MR) is 82.7 cm³/mol. The molecule has 0 spiro atoms. The molecule has 0 aliphatic carbocycles. The van der Waals surface area contributed by atoms with Gasteiger partial charge in [-0.1, -0.05) is 62.8 Å². The zero-order chi connectivity index (χ0) is 11.4. The summed E-state index contributed by atoms with van der Waals surface area (Å²) in [5, 5.41) is 0. The van der Waals surface area contributed by atoms with Gasteiger partial charge in [0, 0.05) is 34.5 Å². The molecule has 0 fully saturated rings. The largest absolute Gasteiger partial charge is 0.0724 e. The van der Waals surface area contributed by atoms with Crippen LogP contribution < -0.4 is 0 Å². The van der Waals surface area contributed by atoms with Crippen LogP contribution in [0.2, 0.25) is 62.8 Å². The quantitative estimate of drug-likeness (QED) is 0.645. The van der Waals surface area contributed by atoms with E-state index < -0.39 is 8.07 Å². The van der Waals surface area contributed by atoms with Gasteiger partial charge >= 0.3 is 0 Å². The summed E-state index contributed by atoms with van der Waals surface area (Å²) < 4.78 is 0. The van der Waals surface area contributed by atoms with Crippen LogP contribution in [0.25, 0.3) is 0 Å². The molecule has 14 heavy (non-hydrogen) atoms. The minimum Gasteiger partial charge on any atom is -0.0724 e. The fourth-order valence-electron chi connectivity index (χ4n) is 3.21. The van der Waals surface area contributed by atoms with Crippen molar-refractivity contribution >= 4 is 34.5 Å². The lowest BCUT2D eigenvalue weighted by atomic mass is 11.7. The molecule has 0 aliphatic heterocycles. The Morgan fingerprint density at radius 1 is 0.643 bits per heavy atom. The first kappa shape index (κ1) is 14.9. The van der Waals surface area contributed by atoms with Gasteiger partial charge < -0.3 is 0 Å². The molecule has 0 rings (SSSR count). The maximum absolute atomic E-state index is 2.72. The third-order valence-electron chi connectivity index (χ3n) is 2.70. The predicted octanol–water partition coefficient (Wildman–Crippen LogP) is 3.14. The summed E-state index contributed by atoms with van der Waals surface area (Å²) in [4.78, 5) is 0. The van der Waals surface area contributed by atoms with Crippen LogP contribution in [0.1, 0.15) is 0 Å². The van der Waals surface area contributed by atoms with Gasteiger partial charge in [-0.3, -0.25) is 0 Å². The number of hydrogen-bond acceptors (Lipinski definition) is 0. The molecule has 0 atom stereocenters. The summed E-state index contributed by atoms with van der Waals surface area (Å²) in [6.07, 6.45) is 0. The van der Waals surface area contributed by atoms with E-state index >= 15 is 0 Å². The number of hydrogen-bond donors (Lipinski definition) is 0. The Morgan fingerprint density at radius 3 is 1.00 bits per heavy atom. The molecule has 0 unspecified atom stereocenters. The van der Waals surface area contributed by atoms with Crippen LogP contribution in [0.5, 0.6) is 0 Å². The van der Waals surface area contributed by atoms with Gasteiger partial charge in [-0.25, -0.2) is 0 Å². The maximum atomic E-state index is 2.72. The Labute approximate surface area is 97.3 Å². The van der Waals surface area contributed by atoms with Gasteiger partial charge in [-0.15, -0.1) is 0 Å². The molecule has 0 saturated carbocycles. The Morgan fingerprint density at radius 2 is 0.857 bits per heavy atom. The van der Waals surface area contributed by atoms with E-state index in [0.717, 1.165) is 0 Å². The van der Waals surface area contributed by atoms with Crippen LogP contribution in [0.3, 0.4) is 0 Å². The first-order valence-corrected chi connectivity index (χ1v) is 18.7. The zero-order valence-corrected chi connectivity index (χ0v) is 15.8. The van der Waals surface area contributed by atoms with E-state index in [0.29, 0.717) is 0 Å². The summed E-state index contributed by atoms with van der Waals surface area (Å²) in [7, 11) is -1.67. The maximum Gasteiger partial charge on any atom is 0.0418 e. The molecule has 0 aromatic rings. The van der Waals surface area contributed by atoms with Crippen molar-refractivity contribution < 1.29 is 0 Å². The Hall–Kier alpha value is 0.868. The highest BCUT2D eigenvalue weighted by Gasteiger charge is 2.30. The smallest absolute Gasteiger partial charge is 0.0418 e. The molecule has 0 aromatic heterocycles. The summed E-state index contributed by atoms with van der Waals surface area (Å²) in [5.41, 5.74) is 5.18. The molecule has 86 valence electrons. The Kier molecular flexibility index (Phi) is 6.85. The Balaban J connectivity index is 4.32. The fourth-order valence-corrected chi connectivity index (χ4v) is 33.4. The highest BCUT2D eigenvalue weighted by Crippen LogP contribution is 2.25. The molecule has 0 nitrogen and oxygen atoms in total. The Bertz CT molecular complexity index is 128. The first-order chi connectivity index (χ1) is 6.25. The zero-order valence-electron chi connectivity index (χ0n) is 11.4. The molecule has 4 heteroatoms. The van der Waals surface area contributed by atoms with E-state index in [9.17, 15) is 0 Å². The number of rotatable bonds is 6. The second-order valence-electron chi connectivity index (χ2n) is 6.60. The lowest BCUT2D eigenvalue weighted by Gasteiger charge is -2.32. The average molecular weight is 263 g/mol. The molecular weight excluding hydrogens is 232 g/mol. The topological polar surface area (TPSA) is 0 Å². The summed E-state index contributed by atoms with van der Waals surface area (Å²) >= 11 is 0. The normalized spacial score (nSPS) is 13.3. The summed E-state index contributed by atoms with van der Waals surface area (Å²) in [6, 6.07) is 0. The lowest BCUT2D eigenvalue weighted by Crippen LogP contribution is -2.40. The third-order valence-corrected chi connectivity index (χ3v) is 24.3. The van der Waals surface area contributed by atoms with Crippen LogP contribution in [0.15, 0.2) is 0 Å². The summed E-state index contributed by atoms with van der Waals surface area (Å²) in [5.74, 6) is 0. The van der Waals surface area contributed by atoms with Crippen LogP contribution in [-0.4, -0.2) is 34.5 Å². The third kappa shape index (κ3) is 7.20. The molecule has 0 amide bonds.